The van der Waals surface area contributed by atoms with E-state index in [9.17, 15) is 43.5 Å². The van der Waals surface area contributed by atoms with E-state index in [1.54, 1.807) is 81.6 Å². The molecule has 0 radical (unpaired) electrons. The third-order valence-corrected chi connectivity index (χ3v) is 14.1. The molecule has 0 saturated carbocycles. The molecule has 2 aliphatic rings. The van der Waals surface area contributed by atoms with Crippen LogP contribution >= 0.6 is 0 Å². The number of hydrogen-bond donors (Lipinski definition) is 7. The highest BCUT2D eigenvalue weighted by Gasteiger charge is 2.50. The first kappa shape index (κ1) is 66.7. The first-order valence-electron chi connectivity index (χ1n) is 28.2. The zero-order valence-corrected chi connectivity index (χ0v) is 49.5. The van der Waals surface area contributed by atoms with Crippen LogP contribution < -0.4 is 41.8 Å². The van der Waals surface area contributed by atoms with Crippen LogP contribution in [0.1, 0.15) is 61.1 Å². The van der Waals surface area contributed by atoms with Crippen molar-refractivity contribution in [3.05, 3.63) is 203 Å². The summed E-state index contributed by atoms with van der Waals surface area (Å²) >= 11 is 0. The van der Waals surface area contributed by atoms with Crippen molar-refractivity contribution >= 4 is 47.4 Å². The maximum atomic E-state index is 13.7. The molecule has 2 aliphatic heterocycles. The molecule has 8 atom stereocenters. The predicted molar refractivity (Wildman–Crippen MR) is 322 cm³/mol. The lowest BCUT2D eigenvalue weighted by atomic mass is 9.94. The maximum absolute atomic E-state index is 13.7. The Kier molecular flexibility index (Phi) is 25.1. The smallest absolute Gasteiger partial charge is 0.408 e. The molecule has 21 heteroatoms. The number of carbonyl (C=O) groups excluding carboxylic acids is 7. The predicted octanol–water partition coefficient (Wildman–Crippen LogP) is 6.16. The number of alkyl carbamates (subject to hydrolysis) is 2. The Labute approximate surface area is 506 Å². The van der Waals surface area contributed by atoms with E-state index in [0.29, 0.717) is 24.5 Å². The van der Waals surface area contributed by atoms with Gasteiger partial charge in [0, 0.05) is 12.8 Å². The van der Waals surface area contributed by atoms with E-state index < -0.39 is 83.3 Å². The van der Waals surface area contributed by atoms with Crippen molar-refractivity contribution in [2.45, 2.75) is 114 Å². The van der Waals surface area contributed by atoms with E-state index in [-0.39, 0.29) is 50.6 Å². The number of carboxylic acids is 1. The van der Waals surface area contributed by atoms with E-state index in [1.807, 2.05) is 109 Å². The highest BCUT2D eigenvalue weighted by atomic mass is 16.6. The van der Waals surface area contributed by atoms with Crippen LogP contribution in [0.5, 0.6) is 11.5 Å². The van der Waals surface area contributed by atoms with E-state index >= 15 is 0 Å². The van der Waals surface area contributed by atoms with Crippen LogP contribution in [0.2, 0.25) is 0 Å². The molecule has 0 bridgehead atoms. The van der Waals surface area contributed by atoms with Crippen molar-refractivity contribution in [2.75, 3.05) is 27.4 Å². The summed E-state index contributed by atoms with van der Waals surface area (Å²) in [5.74, 6) is -1.86. The lowest BCUT2D eigenvalue weighted by Crippen LogP contribution is -2.57. The third-order valence-electron chi connectivity index (χ3n) is 14.1. The average molecular weight is 1190 g/mol. The number of carboxylic acid groups (broad SMARTS) is 1. The summed E-state index contributed by atoms with van der Waals surface area (Å²) in [6.45, 7) is 7.33. The van der Waals surface area contributed by atoms with Crippen LogP contribution in [0.15, 0.2) is 170 Å². The van der Waals surface area contributed by atoms with Crippen LogP contribution in [-0.2, 0) is 86.6 Å². The summed E-state index contributed by atoms with van der Waals surface area (Å²) in [5.41, 5.74) is 9.33. The van der Waals surface area contributed by atoms with Crippen molar-refractivity contribution in [1.29, 1.82) is 0 Å². The first-order valence-corrected chi connectivity index (χ1v) is 28.2. The minimum absolute atomic E-state index is 0.00588. The number of amides is 5. The van der Waals surface area contributed by atoms with E-state index in [4.69, 9.17) is 34.2 Å². The standard InChI is InChI=1S/C33H37N3O7.C21H24N2O6.C12H15NO2/c1-22(34-32(40)42-20-25-12-8-5-9-13-25)30(38)36-28(19-24-14-16-26(41-3)17-15-24)31(39)35-27(29(37)33(2)21-43-33)18-23-10-6-4-7-11-23;1-14(22-21(27)29-13-16-6-4-3-5-7-16)19(24)23-18(20(25)26)12-15-8-10-17(28-2)11-9-15;1-12(8-15-12)11(14)10(13)7-9-5-3-2-4-6-9/h4-17,22,27-28H,18-21H2,1-3H3,(H,34,40)(H,35,39)(H,36,38);3-11,14,18H,12-13H2,1-2H3,(H,22,27)(H,23,24)(H,25,26);2-6,10H,7-8,13H2,1H3/t22-,27+,28+,33-;14-,18+;10-,12+/m110/s1. The van der Waals surface area contributed by atoms with Crippen LogP contribution in [0, 0.1) is 0 Å². The quantitative estimate of drug-likeness (QED) is 0.0284. The van der Waals surface area contributed by atoms with Crippen LogP contribution in [0.4, 0.5) is 9.59 Å². The Bertz CT molecular complexity index is 3200. The van der Waals surface area contributed by atoms with E-state index in [1.165, 1.54) is 21.0 Å². The Morgan fingerprint density at radius 3 is 1.15 bits per heavy atom. The van der Waals surface area contributed by atoms with Crippen molar-refractivity contribution in [1.82, 2.24) is 26.6 Å². The Balaban J connectivity index is 0.000000235. The largest absolute Gasteiger partial charge is 0.497 e. The number of Topliss-reactive ketones (excluding diaryl/α,β-unsaturated/α-hetero) is 2. The Hall–Kier alpha value is -9.44. The normalized spacial score (nSPS) is 17.2. The van der Waals surface area contributed by atoms with Crippen molar-refractivity contribution in [2.24, 2.45) is 5.73 Å². The van der Waals surface area contributed by atoms with Crippen LogP contribution in [-0.4, -0.2) is 127 Å². The maximum Gasteiger partial charge on any atom is 0.408 e. The molecule has 2 fully saturated rings. The third kappa shape index (κ3) is 22.2. The van der Waals surface area contributed by atoms with Gasteiger partial charge in [0.1, 0.15) is 60.1 Å². The van der Waals surface area contributed by atoms with Gasteiger partial charge in [-0.05, 0) is 98.2 Å². The minimum atomic E-state index is -1.17. The molecular formula is C66H76N6O15. The summed E-state index contributed by atoms with van der Waals surface area (Å²) in [6.07, 6.45) is -0.465. The van der Waals surface area contributed by atoms with Gasteiger partial charge >= 0.3 is 18.2 Å². The number of carbonyl (C=O) groups is 8. The number of hydrogen-bond acceptors (Lipinski definition) is 15. The molecule has 21 nitrogen and oxygen atoms in total. The number of epoxide rings is 2. The highest BCUT2D eigenvalue weighted by Crippen LogP contribution is 2.30. The molecule has 8 N–H and O–H groups in total. The number of ketones is 2. The van der Waals surface area contributed by atoms with E-state index in [0.717, 1.165) is 33.4 Å². The number of benzene rings is 6. The van der Waals surface area contributed by atoms with Gasteiger partial charge in [0.05, 0.1) is 39.5 Å². The number of ether oxygens (including phenoxy) is 6. The molecule has 2 heterocycles. The second kappa shape index (κ2) is 32.7. The SMILES string of the molecule is COc1ccc(C[C@H](NC(=O)[C@@H](C)NC(=O)OCc2ccccc2)C(=O)N[C@@H](Cc2ccccc2)C(=O)[C@@]2(C)CO2)cc1.COc1ccc(C[C@H](NC(=O)[C@@H](C)NC(=O)OCc2ccccc2)C(=O)O)cc1.C[C@]1(C(=O)[C@@H](N)Cc2ccccc2)CO1. The molecule has 6 aromatic rings. The topological polar surface area (TPSA) is 305 Å². The fraction of sp³-hybridized carbons (Fsp3) is 0.333. The monoisotopic (exact) mass is 1190 g/mol. The highest BCUT2D eigenvalue weighted by molar-refractivity contribution is 5.98. The van der Waals surface area contributed by atoms with Crippen molar-refractivity contribution < 1.29 is 71.9 Å². The number of rotatable bonds is 27. The number of methoxy groups -OCH3 is 2. The Morgan fingerprint density at radius 1 is 0.448 bits per heavy atom. The minimum Gasteiger partial charge on any atom is -0.497 e. The van der Waals surface area contributed by atoms with Crippen LogP contribution in [0.3, 0.4) is 0 Å². The molecule has 6 aromatic carbocycles. The first-order chi connectivity index (χ1) is 41.7. The average Bonchev–Trinajstić information content (AvgIpc) is 2.16. The van der Waals surface area contributed by atoms with Gasteiger partial charge in [0.15, 0.2) is 11.6 Å². The number of nitrogens with two attached hydrogens (primary N) is 1. The van der Waals surface area contributed by atoms with Gasteiger partial charge in [-0.25, -0.2) is 14.4 Å². The lowest BCUT2D eigenvalue weighted by Gasteiger charge is -2.25. The van der Waals surface area contributed by atoms with E-state index in [2.05, 4.69) is 26.6 Å². The van der Waals surface area contributed by atoms with Gasteiger partial charge < -0.3 is 65.8 Å². The molecule has 0 aliphatic carbocycles. The van der Waals surface area contributed by atoms with Gasteiger partial charge in [-0.2, -0.15) is 0 Å². The summed E-state index contributed by atoms with van der Waals surface area (Å²) in [7, 11) is 3.09. The lowest BCUT2D eigenvalue weighted by molar-refractivity contribution is -0.142. The molecule has 87 heavy (non-hydrogen) atoms. The number of nitrogens with one attached hydrogen (secondary N) is 5. The van der Waals surface area contributed by atoms with Crippen molar-refractivity contribution in [3.8, 4) is 11.5 Å². The zero-order chi connectivity index (χ0) is 62.9. The summed E-state index contributed by atoms with van der Waals surface area (Å²) < 4.78 is 31.0. The Morgan fingerprint density at radius 2 is 0.770 bits per heavy atom. The zero-order valence-electron chi connectivity index (χ0n) is 49.5. The molecular weight excluding hydrogens is 1120 g/mol. The summed E-state index contributed by atoms with van der Waals surface area (Å²) in [6, 6.07) is 45.9. The van der Waals surface area contributed by atoms with Gasteiger partial charge in [0.25, 0.3) is 0 Å². The molecule has 0 unspecified atom stereocenters. The second-order valence-electron chi connectivity index (χ2n) is 21.2. The molecule has 0 spiro atoms. The molecule has 8 rings (SSSR count). The van der Waals surface area contributed by atoms with Gasteiger partial charge in [-0.15, -0.1) is 0 Å². The second-order valence-corrected chi connectivity index (χ2v) is 21.2. The molecule has 2 saturated heterocycles. The molecule has 0 aromatic heterocycles. The fourth-order valence-electron chi connectivity index (χ4n) is 8.57. The summed E-state index contributed by atoms with van der Waals surface area (Å²) in [4.78, 5) is 100. The van der Waals surface area contributed by atoms with Crippen LogP contribution in [0.25, 0.3) is 0 Å². The molecule has 460 valence electrons. The van der Waals surface area contributed by atoms with Gasteiger partial charge in [0.2, 0.25) is 17.7 Å². The van der Waals surface area contributed by atoms with Gasteiger partial charge in [-0.3, -0.25) is 24.0 Å². The molecule has 5 amide bonds. The number of aliphatic carboxylic acids is 1. The fourth-order valence-corrected chi connectivity index (χ4v) is 8.57. The van der Waals surface area contributed by atoms with Crippen molar-refractivity contribution in [3.63, 3.8) is 0 Å². The summed E-state index contributed by atoms with van der Waals surface area (Å²) in [5, 5.41) is 22.3. The van der Waals surface area contributed by atoms with Gasteiger partial charge in [-0.1, -0.05) is 146 Å².